The lowest BCUT2D eigenvalue weighted by atomic mass is 10.1. The molecule has 0 aliphatic rings. The molecular weight excluding hydrogens is 278 g/mol. The van der Waals surface area contributed by atoms with Gasteiger partial charge in [0.25, 0.3) is 0 Å². The zero-order valence-corrected chi connectivity index (χ0v) is 13.2. The Morgan fingerprint density at radius 3 is 2.82 bits per heavy atom. The number of benzene rings is 1. The molecule has 0 aliphatic heterocycles. The molecule has 0 amide bonds. The van der Waals surface area contributed by atoms with Crippen LogP contribution in [0.25, 0.3) is 0 Å². The molecule has 120 valence electrons. The third-order valence-electron chi connectivity index (χ3n) is 2.90. The van der Waals surface area contributed by atoms with Gasteiger partial charge in [-0.05, 0) is 37.5 Å². The predicted octanol–water partition coefficient (Wildman–Crippen LogP) is 1.57. The highest BCUT2D eigenvalue weighted by molar-refractivity contribution is 5.77. The molecule has 0 bridgehead atoms. The number of hydrogen-bond donors (Lipinski definition) is 2. The van der Waals surface area contributed by atoms with E-state index in [4.69, 9.17) is 21.6 Å². The molecule has 0 aromatic heterocycles. The molecule has 3 N–H and O–H groups in total. The highest BCUT2D eigenvalue weighted by atomic mass is 16.5. The van der Waals surface area contributed by atoms with Crippen LogP contribution in [-0.4, -0.2) is 38.9 Å². The van der Waals surface area contributed by atoms with Gasteiger partial charge >= 0.3 is 0 Å². The van der Waals surface area contributed by atoms with Crippen molar-refractivity contribution in [2.45, 2.75) is 19.8 Å². The van der Waals surface area contributed by atoms with E-state index in [0.29, 0.717) is 12.5 Å². The van der Waals surface area contributed by atoms with Gasteiger partial charge in [0.2, 0.25) is 0 Å². The standard InChI is InChI=1S/C17H25N3O2/c1-3-13-22-16-8-6-15(7-9-16)10-12-20-17(18)19-11-5-14-21-4-2/h1,6-9H,4-5,10-14H2,2H3,(H3,18,19,20). The van der Waals surface area contributed by atoms with Gasteiger partial charge < -0.3 is 20.5 Å². The fourth-order valence-electron chi connectivity index (χ4n) is 1.78. The van der Waals surface area contributed by atoms with E-state index < -0.39 is 0 Å². The SMILES string of the molecule is C#CCOc1ccc(CCNC(N)=NCCCOCC)cc1. The molecular formula is C17H25N3O2. The number of ether oxygens (including phenoxy) is 2. The monoisotopic (exact) mass is 303 g/mol. The summed E-state index contributed by atoms with van der Waals surface area (Å²) in [5.74, 6) is 3.70. The van der Waals surface area contributed by atoms with Crippen LogP contribution in [-0.2, 0) is 11.2 Å². The lowest BCUT2D eigenvalue weighted by Crippen LogP contribution is -2.33. The molecule has 1 aromatic carbocycles. The summed E-state index contributed by atoms with van der Waals surface area (Å²) in [5, 5.41) is 3.10. The van der Waals surface area contributed by atoms with Crippen LogP contribution in [0, 0.1) is 12.3 Å². The summed E-state index contributed by atoms with van der Waals surface area (Å²) in [6, 6.07) is 7.86. The molecule has 0 saturated carbocycles. The largest absolute Gasteiger partial charge is 0.481 e. The molecule has 0 radical (unpaired) electrons. The first-order valence-corrected chi connectivity index (χ1v) is 7.53. The number of nitrogens with one attached hydrogen (secondary N) is 1. The second kappa shape index (κ2) is 11.5. The Morgan fingerprint density at radius 1 is 1.36 bits per heavy atom. The van der Waals surface area contributed by atoms with Crippen LogP contribution in [0.4, 0.5) is 0 Å². The fourth-order valence-corrected chi connectivity index (χ4v) is 1.78. The lowest BCUT2D eigenvalue weighted by molar-refractivity contribution is 0.146. The first-order valence-electron chi connectivity index (χ1n) is 7.53. The topological polar surface area (TPSA) is 68.9 Å². The van der Waals surface area contributed by atoms with Gasteiger partial charge in [-0.1, -0.05) is 18.1 Å². The minimum Gasteiger partial charge on any atom is -0.481 e. The maximum atomic E-state index is 5.79. The van der Waals surface area contributed by atoms with Gasteiger partial charge in [0.05, 0.1) is 0 Å². The average Bonchev–Trinajstić information content (AvgIpc) is 2.54. The highest BCUT2D eigenvalue weighted by Crippen LogP contribution is 2.12. The molecule has 0 saturated heterocycles. The Balaban J connectivity index is 2.20. The summed E-state index contributed by atoms with van der Waals surface area (Å²) in [7, 11) is 0. The minimum atomic E-state index is 0.289. The van der Waals surface area contributed by atoms with E-state index in [-0.39, 0.29) is 6.61 Å². The third-order valence-corrected chi connectivity index (χ3v) is 2.90. The van der Waals surface area contributed by atoms with Crippen molar-refractivity contribution >= 4 is 5.96 Å². The van der Waals surface area contributed by atoms with Gasteiger partial charge in [-0.2, -0.15) is 0 Å². The quantitative estimate of drug-likeness (QED) is 0.298. The molecule has 5 nitrogen and oxygen atoms in total. The summed E-state index contributed by atoms with van der Waals surface area (Å²) in [4.78, 5) is 4.24. The van der Waals surface area contributed by atoms with Gasteiger partial charge in [-0.25, -0.2) is 0 Å². The Morgan fingerprint density at radius 2 is 2.14 bits per heavy atom. The van der Waals surface area contributed by atoms with Crippen molar-refractivity contribution in [3.05, 3.63) is 29.8 Å². The van der Waals surface area contributed by atoms with Crippen molar-refractivity contribution in [2.75, 3.05) is 32.9 Å². The van der Waals surface area contributed by atoms with E-state index in [0.717, 1.165) is 38.3 Å². The molecule has 1 aromatic rings. The highest BCUT2D eigenvalue weighted by Gasteiger charge is 1.97. The smallest absolute Gasteiger partial charge is 0.188 e. The van der Waals surface area contributed by atoms with Gasteiger partial charge in [-0.3, -0.25) is 4.99 Å². The molecule has 1 rings (SSSR count). The van der Waals surface area contributed by atoms with Gasteiger partial charge in [0.15, 0.2) is 5.96 Å². The van der Waals surface area contributed by atoms with Crippen LogP contribution in [0.5, 0.6) is 5.75 Å². The van der Waals surface area contributed by atoms with Crippen LogP contribution in [0.15, 0.2) is 29.3 Å². The first-order chi connectivity index (χ1) is 10.8. The molecule has 0 aliphatic carbocycles. The van der Waals surface area contributed by atoms with E-state index >= 15 is 0 Å². The summed E-state index contributed by atoms with van der Waals surface area (Å²) >= 11 is 0. The first kappa shape index (κ1) is 17.9. The fraction of sp³-hybridized carbons (Fsp3) is 0.471. The molecule has 0 heterocycles. The minimum absolute atomic E-state index is 0.289. The van der Waals surface area contributed by atoms with Crippen LogP contribution < -0.4 is 15.8 Å². The van der Waals surface area contributed by atoms with Gasteiger partial charge in [-0.15, -0.1) is 6.42 Å². The lowest BCUT2D eigenvalue weighted by Gasteiger charge is -2.07. The predicted molar refractivity (Wildman–Crippen MR) is 90.1 cm³/mol. The number of rotatable bonds is 10. The van der Waals surface area contributed by atoms with Crippen LogP contribution >= 0.6 is 0 Å². The molecule has 0 spiro atoms. The van der Waals surface area contributed by atoms with Crippen LogP contribution in [0.1, 0.15) is 18.9 Å². The maximum absolute atomic E-state index is 5.79. The second-order valence-electron chi connectivity index (χ2n) is 4.63. The maximum Gasteiger partial charge on any atom is 0.188 e. The number of hydrogen-bond acceptors (Lipinski definition) is 3. The van der Waals surface area contributed by atoms with E-state index in [2.05, 4.69) is 16.2 Å². The van der Waals surface area contributed by atoms with Crippen molar-refractivity contribution < 1.29 is 9.47 Å². The zero-order valence-electron chi connectivity index (χ0n) is 13.2. The summed E-state index contributed by atoms with van der Waals surface area (Å²) in [6.45, 7) is 5.15. The Labute approximate surface area is 132 Å². The number of nitrogens with zero attached hydrogens (tertiary/aromatic N) is 1. The average molecular weight is 303 g/mol. The van der Waals surface area contributed by atoms with Gasteiger partial charge in [0, 0.05) is 26.3 Å². The van der Waals surface area contributed by atoms with Gasteiger partial charge in [0.1, 0.15) is 12.4 Å². The number of guanidine groups is 1. The van der Waals surface area contributed by atoms with Crippen molar-refractivity contribution in [2.24, 2.45) is 10.7 Å². The Bertz CT molecular complexity index is 478. The van der Waals surface area contributed by atoms with E-state index in [1.807, 2.05) is 31.2 Å². The Kier molecular flexibility index (Phi) is 9.31. The van der Waals surface area contributed by atoms with E-state index in [1.165, 1.54) is 5.56 Å². The molecule has 0 atom stereocenters. The Hall–Kier alpha value is -2.19. The van der Waals surface area contributed by atoms with E-state index in [1.54, 1.807) is 0 Å². The normalized spacial score (nSPS) is 11.0. The van der Waals surface area contributed by atoms with Crippen molar-refractivity contribution in [3.63, 3.8) is 0 Å². The summed E-state index contributed by atoms with van der Waals surface area (Å²) in [5.41, 5.74) is 6.99. The van der Waals surface area contributed by atoms with Crippen molar-refractivity contribution in [1.82, 2.24) is 5.32 Å². The number of aliphatic imine (C=N–C) groups is 1. The third kappa shape index (κ3) is 8.18. The van der Waals surface area contributed by atoms with Crippen LogP contribution in [0.2, 0.25) is 0 Å². The van der Waals surface area contributed by atoms with Crippen molar-refractivity contribution in [1.29, 1.82) is 0 Å². The molecule has 0 fully saturated rings. The van der Waals surface area contributed by atoms with Crippen LogP contribution in [0.3, 0.4) is 0 Å². The summed E-state index contributed by atoms with van der Waals surface area (Å²) < 4.78 is 10.6. The number of terminal acetylenes is 1. The molecule has 0 unspecified atom stereocenters. The summed E-state index contributed by atoms with van der Waals surface area (Å²) in [6.07, 6.45) is 6.90. The van der Waals surface area contributed by atoms with Crippen molar-refractivity contribution in [3.8, 4) is 18.1 Å². The number of nitrogens with two attached hydrogens (primary N) is 1. The molecule has 22 heavy (non-hydrogen) atoms. The molecule has 5 heteroatoms. The zero-order chi connectivity index (χ0) is 16.0. The van der Waals surface area contributed by atoms with E-state index in [9.17, 15) is 0 Å². The second-order valence-corrected chi connectivity index (χ2v) is 4.63.